The minimum atomic E-state index is -0.531. The molecule has 0 radical (unpaired) electrons. The minimum absolute atomic E-state index is 0.0497. The van der Waals surface area contributed by atoms with Crippen LogP contribution in [0.5, 0.6) is 0 Å². The molecule has 0 saturated heterocycles. The second-order valence-corrected chi connectivity index (χ2v) is 4.13. The standard InChI is InChI=1S/C11H10BrN3O3/c1-2-5-13-7-11(16)14-8-3-4-9(12)10(6-8)15(17)18/h1,3-4,6,13H,5,7H2,(H,14,16). The first-order chi connectivity index (χ1) is 8.54. The van der Waals surface area contributed by atoms with Gasteiger partial charge in [0.25, 0.3) is 5.69 Å². The van der Waals surface area contributed by atoms with Crippen molar-refractivity contribution >= 4 is 33.2 Å². The Kier molecular flexibility index (Phi) is 5.30. The molecule has 0 aliphatic carbocycles. The van der Waals surface area contributed by atoms with Crippen molar-refractivity contribution in [3.63, 3.8) is 0 Å². The van der Waals surface area contributed by atoms with Gasteiger partial charge in [0.05, 0.1) is 22.5 Å². The number of terminal acetylenes is 1. The van der Waals surface area contributed by atoms with Gasteiger partial charge in [-0.25, -0.2) is 0 Å². The SMILES string of the molecule is C#CCNCC(=O)Nc1ccc(Br)c([N+](=O)[O-])c1. The predicted octanol–water partition coefficient (Wildman–Crippen LogP) is 1.52. The van der Waals surface area contributed by atoms with E-state index in [-0.39, 0.29) is 24.7 Å². The predicted molar refractivity (Wildman–Crippen MR) is 71.1 cm³/mol. The molecule has 1 amide bonds. The number of nitro groups is 1. The maximum atomic E-state index is 11.4. The number of nitro benzene ring substituents is 1. The number of amides is 1. The molecular formula is C11H10BrN3O3. The second-order valence-electron chi connectivity index (χ2n) is 3.28. The van der Waals surface area contributed by atoms with Gasteiger partial charge < -0.3 is 5.32 Å². The van der Waals surface area contributed by atoms with E-state index in [1.165, 1.54) is 12.1 Å². The Bertz CT molecular complexity index is 511. The minimum Gasteiger partial charge on any atom is -0.325 e. The fourth-order valence-corrected chi connectivity index (χ4v) is 1.58. The van der Waals surface area contributed by atoms with Crippen LogP contribution >= 0.6 is 15.9 Å². The molecule has 2 N–H and O–H groups in total. The van der Waals surface area contributed by atoms with Crippen molar-refractivity contribution in [2.24, 2.45) is 0 Å². The number of carbonyl (C=O) groups excluding carboxylic acids is 1. The maximum absolute atomic E-state index is 11.4. The average Bonchev–Trinajstić information content (AvgIpc) is 2.31. The van der Waals surface area contributed by atoms with Crippen molar-refractivity contribution in [2.45, 2.75) is 0 Å². The molecule has 1 aromatic rings. The summed E-state index contributed by atoms with van der Waals surface area (Å²) in [5.41, 5.74) is 0.252. The van der Waals surface area contributed by atoms with E-state index >= 15 is 0 Å². The van der Waals surface area contributed by atoms with Crippen LogP contribution < -0.4 is 10.6 Å². The first kappa shape index (κ1) is 14.2. The Labute approximate surface area is 112 Å². The van der Waals surface area contributed by atoms with Gasteiger partial charge in [-0.05, 0) is 28.1 Å². The second kappa shape index (κ2) is 6.74. The monoisotopic (exact) mass is 311 g/mol. The molecule has 0 atom stereocenters. The summed E-state index contributed by atoms with van der Waals surface area (Å²) in [6.45, 7) is 0.335. The summed E-state index contributed by atoms with van der Waals surface area (Å²) in [5.74, 6) is 2.01. The summed E-state index contributed by atoms with van der Waals surface area (Å²) in [4.78, 5) is 21.6. The normalized spacial score (nSPS) is 9.56. The molecule has 6 nitrogen and oxygen atoms in total. The number of rotatable bonds is 5. The van der Waals surface area contributed by atoms with Crippen LogP contribution in [0.15, 0.2) is 22.7 Å². The van der Waals surface area contributed by atoms with E-state index in [9.17, 15) is 14.9 Å². The van der Waals surface area contributed by atoms with Gasteiger partial charge in [0.1, 0.15) is 0 Å². The molecule has 0 saturated carbocycles. The highest BCUT2D eigenvalue weighted by Gasteiger charge is 2.13. The van der Waals surface area contributed by atoms with Crippen molar-refractivity contribution in [2.75, 3.05) is 18.4 Å². The van der Waals surface area contributed by atoms with E-state index in [1.54, 1.807) is 6.07 Å². The molecule has 0 aliphatic rings. The zero-order valence-electron chi connectivity index (χ0n) is 9.27. The highest BCUT2D eigenvalue weighted by molar-refractivity contribution is 9.10. The van der Waals surface area contributed by atoms with Crippen LogP contribution in [0.3, 0.4) is 0 Å². The molecule has 18 heavy (non-hydrogen) atoms. The largest absolute Gasteiger partial charge is 0.325 e. The number of carbonyl (C=O) groups is 1. The van der Waals surface area contributed by atoms with Gasteiger partial charge in [0, 0.05) is 11.8 Å². The van der Waals surface area contributed by atoms with Gasteiger partial charge in [-0.1, -0.05) is 5.92 Å². The number of nitrogens with zero attached hydrogens (tertiary/aromatic N) is 1. The molecule has 0 spiro atoms. The van der Waals surface area contributed by atoms with Crippen LogP contribution in [-0.2, 0) is 4.79 Å². The Hall–Kier alpha value is -1.91. The first-order valence-electron chi connectivity index (χ1n) is 4.92. The quantitative estimate of drug-likeness (QED) is 0.374. The topological polar surface area (TPSA) is 84.3 Å². The number of hydrogen-bond donors (Lipinski definition) is 2. The van der Waals surface area contributed by atoms with Crippen molar-refractivity contribution in [3.8, 4) is 12.3 Å². The molecule has 1 aromatic carbocycles. The number of benzene rings is 1. The van der Waals surface area contributed by atoms with Gasteiger partial charge in [0.2, 0.25) is 5.91 Å². The lowest BCUT2D eigenvalue weighted by molar-refractivity contribution is -0.385. The van der Waals surface area contributed by atoms with E-state index in [0.29, 0.717) is 10.2 Å². The maximum Gasteiger partial charge on any atom is 0.285 e. The lowest BCUT2D eigenvalue weighted by atomic mass is 10.3. The molecule has 0 aliphatic heterocycles. The molecule has 94 valence electrons. The van der Waals surface area contributed by atoms with Crippen molar-refractivity contribution in [1.82, 2.24) is 5.32 Å². The average molecular weight is 312 g/mol. The summed E-state index contributed by atoms with van der Waals surface area (Å²) in [5, 5.41) is 15.9. The fourth-order valence-electron chi connectivity index (χ4n) is 1.18. The molecule has 0 heterocycles. The molecule has 1 rings (SSSR count). The van der Waals surface area contributed by atoms with Crippen molar-refractivity contribution in [1.29, 1.82) is 0 Å². The van der Waals surface area contributed by atoms with Gasteiger partial charge in [-0.2, -0.15) is 0 Å². The lowest BCUT2D eigenvalue weighted by Gasteiger charge is -2.05. The third kappa shape index (κ3) is 4.16. The number of halogens is 1. The van der Waals surface area contributed by atoms with Crippen molar-refractivity contribution < 1.29 is 9.72 Å². The lowest BCUT2D eigenvalue weighted by Crippen LogP contribution is -2.28. The van der Waals surface area contributed by atoms with E-state index in [2.05, 4.69) is 32.5 Å². The Balaban J connectivity index is 2.68. The molecule has 0 unspecified atom stereocenters. The smallest absolute Gasteiger partial charge is 0.285 e. The van der Waals surface area contributed by atoms with Gasteiger partial charge >= 0.3 is 0 Å². The van der Waals surface area contributed by atoms with Crippen LogP contribution in [0.1, 0.15) is 0 Å². The Morgan fingerprint density at radius 3 is 2.89 bits per heavy atom. The third-order valence-corrected chi connectivity index (χ3v) is 2.61. The summed E-state index contributed by atoms with van der Waals surface area (Å²) in [6, 6.07) is 4.35. The number of hydrogen-bond acceptors (Lipinski definition) is 4. The number of nitrogens with one attached hydrogen (secondary N) is 2. The van der Waals surface area contributed by atoms with Crippen molar-refractivity contribution in [3.05, 3.63) is 32.8 Å². The van der Waals surface area contributed by atoms with Crippen LogP contribution in [0, 0.1) is 22.5 Å². The molecule has 0 fully saturated rings. The van der Waals surface area contributed by atoms with Crippen LogP contribution in [-0.4, -0.2) is 23.9 Å². The van der Waals surface area contributed by atoms with E-state index < -0.39 is 4.92 Å². The highest BCUT2D eigenvalue weighted by atomic mass is 79.9. The van der Waals surface area contributed by atoms with Crippen LogP contribution in [0.25, 0.3) is 0 Å². The van der Waals surface area contributed by atoms with Gasteiger partial charge in [0.15, 0.2) is 0 Å². The van der Waals surface area contributed by atoms with E-state index in [4.69, 9.17) is 6.42 Å². The van der Waals surface area contributed by atoms with Crippen LogP contribution in [0.4, 0.5) is 11.4 Å². The molecule has 0 bridgehead atoms. The van der Waals surface area contributed by atoms with Gasteiger partial charge in [-0.15, -0.1) is 6.42 Å². The third-order valence-electron chi connectivity index (χ3n) is 1.94. The van der Waals surface area contributed by atoms with Gasteiger partial charge in [-0.3, -0.25) is 20.2 Å². The highest BCUT2D eigenvalue weighted by Crippen LogP contribution is 2.27. The van der Waals surface area contributed by atoms with Crippen LogP contribution in [0.2, 0.25) is 0 Å². The first-order valence-corrected chi connectivity index (χ1v) is 5.72. The Morgan fingerprint density at radius 2 is 2.28 bits per heavy atom. The summed E-state index contributed by atoms with van der Waals surface area (Å²) < 4.78 is 0.357. The summed E-state index contributed by atoms with van der Waals surface area (Å²) in [7, 11) is 0. The Morgan fingerprint density at radius 1 is 1.56 bits per heavy atom. The summed E-state index contributed by atoms with van der Waals surface area (Å²) in [6.07, 6.45) is 5.01. The van der Waals surface area contributed by atoms with E-state index in [1.807, 2.05) is 0 Å². The zero-order valence-corrected chi connectivity index (χ0v) is 10.9. The summed E-state index contributed by atoms with van der Waals surface area (Å²) >= 11 is 3.06. The van der Waals surface area contributed by atoms with E-state index in [0.717, 1.165) is 0 Å². The fraction of sp³-hybridized carbons (Fsp3) is 0.182. The molecular weight excluding hydrogens is 302 g/mol. The number of anilines is 1. The zero-order chi connectivity index (χ0) is 13.5. The molecule has 7 heteroatoms. The molecule has 0 aromatic heterocycles.